The Balaban J connectivity index is 1.59. The Morgan fingerprint density at radius 2 is 1.51 bits per heavy atom. The molecule has 1 amide bonds. The van der Waals surface area contributed by atoms with Gasteiger partial charge in [0.1, 0.15) is 23.8 Å². The lowest BCUT2D eigenvalue weighted by Crippen LogP contribution is -2.51. The van der Waals surface area contributed by atoms with Crippen LogP contribution in [0.25, 0.3) is 0 Å². The van der Waals surface area contributed by atoms with Crippen LogP contribution in [0, 0.1) is 9.39 Å². The van der Waals surface area contributed by atoms with E-state index in [0.717, 1.165) is 26.0 Å². The Hall–Kier alpha value is -2.65. The molecule has 0 saturated carbocycles. The second-order valence-corrected chi connectivity index (χ2v) is 11.5. The standard InChI is InChI=1S/C31H25Cl2FINO3/c1-38-26-14-2-19(3-15-26)18-36-29(20-4-9-23(32)10-5-20)30(21-6-11-24(33)12-7-21)39-28(31(36)37)16-22-8-13-25(35)17-27(22)34/h2-15,17,28-30H,16,18H2,1H3/t28-,29+,30-/m1/s1. The molecule has 1 saturated heterocycles. The van der Waals surface area contributed by atoms with Gasteiger partial charge in [-0.2, -0.15) is 0 Å². The molecule has 3 atom stereocenters. The zero-order valence-corrected chi connectivity index (χ0v) is 24.7. The van der Waals surface area contributed by atoms with Gasteiger partial charge in [-0.05, 0) is 93.4 Å². The molecule has 0 radical (unpaired) electrons. The molecule has 39 heavy (non-hydrogen) atoms. The maximum atomic E-state index is 14.9. The Morgan fingerprint density at radius 3 is 2.10 bits per heavy atom. The second-order valence-electron chi connectivity index (χ2n) is 9.35. The maximum absolute atomic E-state index is 14.9. The minimum Gasteiger partial charge on any atom is -0.497 e. The Kier molecular flexibility index (Phi) is 8.76. The van der Waals surface area contributed by atoms with Gasteiger partial charge in [0, 0.05) is 26.6 Å². The van der Waals surface area contributed by atoms with Crippen molar-refractivity contribution in [1.29, 1.82) is 0 Å². The summed E-state index contributed by atoms with van der Waals surface area (Å²) < 4.78 is 27.5. The van der Waals surface area contributed by atoms with Crippen molar-refractivity contribution < 1.29 is 18.7 Å². The number of nitrogens with zero attached hydrogens (tertiary/aromatic N) is 1. The number of rotatable bonds is 7. The number of amides is 1. The molecule has 4 aromatic carbocycles. The van der Waals surface area contributed by atoms with Crippen molar-refractivity contribution in [3.8, 4) is 5.75 Å². The van der Waals surface area contributed by atoms with E-state index < -0.39 is 18.2 Å². The summed E-state index contributed by atoms with van der Waals surface area (Å²) in [4.78, 5) is 15.9. The van der Waals surface area contributed by atoms with Crippen LogP contribution in [0.4, 0.5) is 4.39 Å². The van der Waals surface area contributed by atoms with E-state index in [-0.39, 0.29) is 18.1 Å². The van der Waals surface area contributed by atoms with E-state index in [9.17, 15) is 9.18 Å². The minimum absolute atomic E-state index is 0.109. The number of halogens is 4. The highest BCUT2D eigenvalue weighted by Gasteiger charge is 2.44. The Labute approximate surface area is 250 Å². The molecular formula is C31H25Cl2FINO3. The smallest absolute Gasteiger partial charge is 0.253 e. The van der Waals surface area contributed by atoms with Gasteiger partial charge in [-0.1, -0.05) is 65.7 Å². The van der Waals surface area contributed by atoms with Crippen molar-refractivity contribution in [2.24, 2.45) is 0 Å². The highest BCUT2D eigenvalue weighted by atomic mass is 127. The van der Waals surface area contributed by atoms with Crippen molar-refractivity contribution in [2.75, 3.05) is 7.11 Å². The van der Waals surface area contributed by atoms with Crippen LogP contribution in [0.15, 0.2) is 91.0 Å². The average Bonchev–Trinajstić information content (AvgIpc) is 2.93. The number of ether oxygens (including phenoxy) is 2. The van der Waals surface area contributed by atoms with Gasteiger partial charge in [0.2, 0.25) is 0 Å². The number of hydrogen-bond donors (Lipinski definition) is 0. The molecule has 0 aliphatic carbocycles. The molecular weight excluding hydrogens is 651 g/mol. The lowest BCUT2D eigenvalue weighted by atomic mass is 9.90. The van der Waals surface area contributed by atoms with E-state index in [4.69, 9.17) is 32.7 Å². The summed E-state index contributed by atoms with van der Waals surface area (Å²) in [5, 5.41) is 1.19. The van der Waals surface area contributed by atoms with E-state index in [0.29, 0.717) is 22.2 Å². The van der Waals surface area contributed by atoms with Gasteiger partial charge in [0.15, 0.2) is 0 Å². The number of hydrogen-bond acceptors (Lipinski definition) is 3. The van der Waals surface area contributed by atoms with E-state index in [2.05, 4.69) is 22.6 Å². The minimum atomic E-state index is -0.887. The molecule has 4 aromatic rings. The number of methoxy groups -OCH3 is 1. The molecule has 5 rings (SSSR count). The zero-order valence-electron chi connectivity index (χ0n) is 21.0. The van der Waals surface area contributed by atoms with Crippen LogP contribution >= 0.6 is 45.8 Å². The molecule has 1 heterocycles. The fourth-order valence-electron chi connectivity index (χ4n) is 4.85. The third-order valence-corrected chi connectivity index (χ3v) is 8.01. The summed E-state index contributed by atoms with van der Waals surface area (Å²) >= 11 is 14.5. The number of carbonyl (C=O) groups is 1. The normalized spacial score (nSPS) is 19.3. The SMILES string of the molecule is COc1ccc(CN2C(=O)[C@@H](Cc3ccc(I)cc3F)O[C@H](c3ccc(Cl)cc3)[C@@H]2c2ccc(Cl)cc2)cc1. The number of carbonyl (C=O) groups excluding carboxylic acids is 1. The first-order valence-electron chi connectivity index (χ1n) is 12.4. The summed E-state index contributed by atoms with van der Waals surface area (Å²) in [6.07, 6.45) is -1.31. The van der Waals surface area contributed by atoms with Crippen LogP contribution in [-0.2, 0) is 22.5 Å². The first-order valence-corrected chi connectivity index (χ1v) is 14.2. The van der Waals surface area contributed by atoms with Gasteiger partial charge in [-0.25, -0.2) is 4.39 Å². The molecule has 0 unspecified atom stereocenters. The molecule has 0 bridgehead atoms. The first-order chi connectivity index (χ1) is 18.8. The third kappa shape index (κ3) is 6.40. The number of benzene rings is 4. The van der Waals surface area contributed by atoms with Crippen LogP contribution < -0.4 is 4.74 Å². The van der Waals surface area contributed by atoms with Crippen LogP contribution in [0.5, 0.6) is 5.75 Å². The first kappa shape index (κ1) is 27.9. The fourth-order valence-corrected chi connectivity index (χ4v) is 5.55. The second kappa shape index (κ2) is 12.3. The molecule has 8 heteroatoms. The largest absolute Gasteiger partial charge is 0.497 e. The van der Waals surface area contributed by atoms with E-state index >= 15 is 0 Å². The van der Waals surface area contributed by atoms with Crippen LogP contribution in [0.1, 0.15) is 34.4 Å². The molecule has 1 aliphatic rings. The maximum Gasteiger partial charge on any atom is 0.253 e. The van der Waals surface area contributed by atoms with Gasteiger partial charge in [0.25, 0.3) is 5.91 Å². The molecule has 200 valence electrons. The quantitative estimate of drug-likeness (QED) is 0.186. The lowest BCUT2D eigenvalue weighted by Gasteiger charge is -2.45. The van der Waals surface area contributed by atoms with Crippen molar-refractivity contribution in [3.05, 3.63) is 133 Å². The molecule has 4 nitrogen and oxygen atoms in total. The van der Waals surface area contributed by atoms with E-state index in [1.807, 2.05) is 59.5 Å². The molecule has 1 fully saturated rings. The van der Waals surface area contributed by atoms with Gasteiger partial charge >= 0.3 is 0 Å². The van der Waals surface area contributed by atoms with Gasteiger partial charge in [-0.15, -0.1) is 0 Å². The van der Waals surface area contributed by atoms with Crippen LogP contribution in [-0.4, -0.2) is 24.0 Å². The topological polar surface area (TPSA) is 38.8 Å². The van der Waals surface area contributed by atoms with Crippen molar-refractivity contribution in [2.45, 2.75) is 31.2 Å². The fraction of sp³-hybridized carbons (Fsp3) is 0.194. The van der Waals surface area contributed by atoms with Crippen molar-refractivity contribution in [1.82, 2.24) is 4.90 Å². The highest BCUT2D eigenvalue weighted by Crippen LogP contribution is 2.44. The molecule has 0 aromatic heterocycles. The van der Waals surface area contributed by atoms with Crippen molar-refractivity contribution in [3.63, 3.8) is 0 Å². The Bertz CT molecular complexity index is 1450. The average molecular weight is 676 g/mol. The summed E-state index contributed by atoms with van der Waals surface area (Å²) in [5.74, 6) is 0.157. The van der Waals surface area contributed by atoms with E-state index in [1.165, 1.54) is 6.07 Å². The van der Waals surface area contributed by atoms with Gasteiger partial charge in [-0.3, -0.25) is 4.79 Å². The molecule has 0 N–H and O–H groups in total. The summed E-state index contributed by atoms with van der Waals surface area (Å²) in [7, 11) is 1.61. The van der Waals surface area contributed by atoms with Gasteiger partial charge < -0.3 is 14.4 Å². The zero-order chi connectivity index (χ0) is 27.5. The summed E-state index contributed by atoms with van der Waals surface area (Å²) in [6, 6.07) is 27.0. The van der Waals surface area contributed by atoms with Crippen molar-refractivity contribution >= 4 is 51.7 Å². The van der Waals surface area contributed by atoms with Crippen LogP contribution in [0.2, 0.25) is 10.0 Å². The summed E-state index contributed by atoms with van der Waals surface area (Å²) in [5.41, 5.74) is 3.09. The summed E-state index contributed by atoms with van der Waals surface area (Å²) in [6.45, 7) is 0.329. The van der Waals surface area contributed by atoms with Crippen LogP contribution in [0.3, 0.4) is 0 Å². The monoisotopic (exact) mass is 675 g/mol. The molecule has 0 spiro atoms. The molecule has 1 aliphatic heterocycles. The third-order valence-electron chi connectivity index (χ3n) is 6.83. The lowest BCUT2D eigenvalue weighted by molar-refractivity contribution is -0.175. The highest BCUT2D eigenvalue weighted by molar-refractivity contribution is 14.1. The predicted octanol–water partition coefficient (Wildman–Crippen LogP) is 8.20. The van der Waals surface area contributed by atoms with Gasteiger partial charge in [0.05, 0.1) is 13.2 Å². The van der Waals surface area contributed by atoms with E-state index in [1.54, 1.807) is 37.4 Å². The predicted molar refractivity (Wildman–Crippen MR) is 160 cm³/mol. The number of morpholine rings is 1. The Morgan fingerprint density at radius 1 is 0.897 bits per heavy atom.